The molecule has 2 aromatic heterocycles. The molecular weight excluding hydrogens is 421 g/mol. The minimum Gasteiger partial charge on any atom is -0.465 e. The van der Waals surface area contributed by atoms with Crippen LogP contribution in [0.15, 0.2) is 0 Å². The number of esters is 1. The molecule has 0 atom stereocenters. The third kappa shape index (κ3) is 6.72. The lowest BCUT2D eigenvalue weighted by atomic mass is 10.4. The zero-order valence-corrected chi connectivity index (χ0v) is 18.5. The summed E-state index contributed by atoms with van der Waals surface area (Å²) >= 11 is 6.26. The molecule has 0 aliphatic carbocycles. The number of carbonyl (C=O) groups excluding carboxylic acids is 1. The number of hydrogen-bond acceptors (Lipinski definition) is 7. The summed E-state index contributed by atoms with van der Waals surface area (Å²) in [4.78, 5) is 45.2. The molecule has 0 aliphatic rings. The Morgan fingerprint density at radius 1 is 1.17 bits per heavy atom. The summed E-state index contributed by atoms with van der Waals surface area (Å²) in [5.74, 6) is 0.940. The van der Waals surface area contributed by atoms with Crippen molar-refractivity contribution in [1.82, 2.24) is 24.4 Å². The maximum absolute atomic E-state index is 11.9. The van der Waals surface area contributed by atoms with Crippen molar-refractivity contribution < 1.29 is 23.9 Å². The molecule has 2 rings (SSSR count). The van der Waals surface area contributed by atoms with E-state index < -0.39 is 13.6 Å². The Bertz CT molecular complexity index is 900. The summed E-state index contributed by atoms with van der Waals surface area (Å²) in [6.45, 7) is 6.64. The zero-order valence-electron chi connectivity index (χ0n) is 16.8. The molecule has 0 aliphatic heterocycles. The lowest BCUT2D eigenvalue weighted by Crippen LogP contribution is -2.36. The Morgan fingerprint density at radius 3 is 2.48 bits per heavy atom. The summed E-state index contributed by atoms with van der Waals surface area (Å²) in [5, 5.41) is 0.296. The highest BCUT2D eigenvalue weighted by atomic mass is 35.5. The molecule has 29 heavy (non-hydrogen) atoms. The second-order valence-electron chi connectivity index (χ2n) is 6.46. The number of carbonyl (C=O) groups is 1. The van der Waals surface area contributed by atoms with Crippen molar-refractivity contribution in [1.29, 1.82) is 0 Å². The maximum atomic E-state index is 11.9. The van der Waals surface area contributed by atoms with E-state index in [1.165, 1.54) is 0 Å². The summed E-state index contributed by atoms with van der Waals surface area (Å²) in [6, 6.07) is 0. The molecule has 0 radical (unpaired) electrons. The number of aromatic nitrogens is 4. The normalized spacial score (nSPS) is 12.1. The van der Waals surface area contributed by atoms with E-state index >= 15 is 0 Å². The van der Waals surface area contributed by atoms with Gasteiger partial charge in [-0.15, -0.1) is 0 Å². The van der Waals surface area contributed by atoms with Crippen LogP contribution >= 0.6 is 19.2 Å². The first-order valence-electron chi connectivity index (χ1n) is 9.52. The average molecular weight is 448 g/mol. The molecule has 0 unspecified atom stereocenters. The number of aryl methyl sites for hydroxylation is 2. The van der Waals surface area contributed by atoms with E-state index in [1.807, 2.05) is 18.4 Å². The van der Waals surface area contributed by atoms with Crippen molar-refractivity contribution in [3.63, 3.8) is 0 Å². The lowest BCUT2D eigenvalue weighted by Gasteiger charge is -2.22. The van der Waals surface area contributed by atoms with Crippen LogP contribution in [0, 0.1) is 0 Å². The molecule has 2 aromatic rings. The van der Waals surface area contributed by atoms with Crippen LogP contribution in [0.1, 0.15) is 32.4 Å². The molecule has 2 heterocycles. The van der Waals surface area contributed by atoms with Gasteiger partial charge in [-0.05, 0) is 6.92 Å². The van der Waals surface area contributed by atoms with Gasteiger partial charge in [0.1, 0.15) is 17.2 Å². The van der Waals surface area contributed by atoms with E-state index in [0.29, 0.717) is 48.1 Å². The van der Waals surface area contributed by atoms with Gasteiger partial charge in [-0.2, -0.15) is 0 Å². The number of ether oxygens (including phenoxy) is 1. The number of hydrogen-bond donors (Lipinski definition) is 2. The van der Waals surface area contributed by atoms with Gasteiger partial charge in [-0.3, -0.25) is 14.3 Å². The second-order valence-corrected chi connectivity index (χ2v) is 8.59. The molecule has 0 aromatic carbocycles. The maximum Gasteiger partial charge on any atom is 0.326 e. The van der Waals surface area contributed by atoms with E-state index in [0.717, 1.165) is 5.82 Å². The van der Waals surface area contributed by atoms with Gasteiger partial charge in [0.2, 0.25) is 0 Å². The van der Waals surface area contributed by atoms with Gasteiger partial charge < -0.3 is 19.1 Å². The molecule has 0 saturated carbocycles. The molecule has 0 saturated heterocycles. The van der Waals surface area contributed by atoms with Crippen LogP contribution in [0.4, 0.5) is 0 Å². The highest BCUT2D eigenvalue weighted by molar-refractivity contribution is 7.51. The van der Waals surface area contributed by atoms with E-state index in [9.17, 15) is 19.1 Å². The van der Waals surface area contributed by atoms with Gasteiger partial charge in [0, 0.05) is 32.5 Å². The monoisotopic (exact) mass is 447 g/mol. The zero-order chi connectivity index (χ0) is 21.6. The topological polar surface area (TPSA) is 131 Å². The molecule has 10 nitrogen and oxygen atoms in total. The smallest absolute Gasteiger partial charge is 0.326 e. The fourth-order valence-electron chi connectivity index (χ4n) is 2.89. The molecule has 2 N–H and O–H groups in total. The standard InChI is InChI=1S/C17H27ClN5O5P/c1-4-12-19-16(18)15-17(20-12)23(13(5-2)21-15)8-7-22(9-10-29(25,26)27)11-14(24)28-6-3/h4-11H2,1-3H3,(H2,25,26,27). The molecule has 0 amide bonds. The molecule has 0 spiro atoms. The Balaban J connectivity index is 2.26. The molecule has 0 fully saturated rings. The summed E-state index contributed by atoms with van der Waals surface area (Å²) in [7, 11) is -4.18. The highest BCUT2D eigenvalue weighted by Gasteiger charge is 2.20. The Hall–Kier alpha value is -1.58. The lowest BCUT2D eigenvalue weighted by molar-refractivity contribution is -0.144. The highest BCUT2D eigenvalue weighted by Crippen LogP contribution is 2.33. The van der Waals surface area contributed by atoms with Crippen molar-refractivity contribution in [3.05, 3.63) is 16.8 Å². The summed E-state index contributed by atoms with van der Waals surface area (Å²) in [6.07, 6.45) is 0.930. The largest absolute Gasteiger partial charge is 0.465 e. The van der Waals surface area contributed by atoms with E-state index in [1.54, 1.807) is 11.8 Å². The predicted octanol–water partition coefficient (Wildman–Crippen LogP) is 1.65. The van der Waals surface area contributed by atoms with Crippen molar-refractivity contribution in [2.45, 2.75) is 40.2 Å². The van der Waals surface area contributed by atoms with Crippen LogP contribution < -0.4 is 0 Å². The first kappa shape index (κ1) is 23.7. The third-order valence-electron chi connectivity index (χ3n) is 4.32. The van der Waals surface area contributed by atoms with E-state index in [4.69, 9.17) is 16.3 Å². The molecule has 12 heteroatoms. The first-order chi connectivity index (χ1) is 13.7. The van der Waals surface area contributed by atoms with Crippen molar-refractivity contribution in [3.8, 4) is 0 Å². The van der Waals surface area contributed by atoms with Crippen molar-refractivity contribution in [2.24, 2.45) is 0 Å². The third-order valence-corrected chi connectivity index (χ3v) is 5.36. The summed E-state index contributed by atoms with van der Waals surface area (Å²) < 4.78 is 18.2. The van der Waals surface area contributed by atoms with Gasteiger partial charge in [-0.1, -0.05) is 25.4 Å². The van der Waals surface area contributed by atoms with Crippen molar-refractivity contribution >= 4 is 36.3 Å². The molecule has 162 valence electrons. The summed E-state index contributed by atoms with van der Waals surface area (Å²) in [5.41, 5.74) is 1.14. The van der Waals surface area contributed by atoms with Gasteiger partial charge in [0.15, 0.2) is 10.8 Å². The quantitative estimate of drug-likeness (QED) is 0.300. The number of rotatable bonds is 11. The average Bonchev–Trinajstić information content (AvgIpc) is 3.01. The van der Waals surface area contributed by atoms with E-state index in [-0.39, 0.29) is 25.9 Å². The van der Waals surface area contributed by atoms with Crippen LogP contribution in [0.5, 0.6) is 0 Å². The number of nitrogens with zero attached hydrogens (tertiary/aromatic N) is 5. The predicted molar refractivity (Wildman–Crippen MR) is 109 cm³/mol. The second kappa shape index (κ2) is 10.4. The number of imidazole rings is 1. The van der Waals surface area contributed by atoms with Gasteiger partial charge >= 0.3 is 13.6 Å². The Kier molecular flexibility index (Phi) is 8.54. The first-order valence-corrected chi connectivity index (χ1v) is 11.7. The van der Waals surface area contributed by atoms with Crippen LogP contribution in [-0.2, 0) is 33.5 Å². The van der Waals surface area contributed by atoms with Crippen molar-refractivity contribution in [2.75, 3.05) is 32.4 Å². The fourth-order valence-corrected chi connectivity index (χ4v) is 3.66. The van der Waals surface area contributed by atoms with Gasteiger partial charge in [0.25, 0.3) is 0 Å². The van der Waals surface area contributed by atoms with Gasteiger partial charge in [0.05, 0.1) is 19.3 Å². The Labute approximate surface area is 174 Å². The fraction of sp³-hybridized carbons (Fsp3) is 0.647. The molecule has 0 bridgehead atoms. The van der Waals surface area contributed by atoms with Crippen LogP contribution in [-0.4, -0.2) is 72.6 Å². The number of fused-ring (bicyclic) bond motifs is 1. The van der Waals surface area contributed by atoms with Crippen LogP contribution in [0.25, 0.3) is 11.2 Å². The minimum absolute atomic E-state index is 0.0577. The van der Waals surface area contributed by atoms with Crippen LogP contribution in [0.2, 0.25) is 5.15 Å². The van der Waals surface area contributed by atoms with Crippen LogP contribution in [0.3, 0.4) is 0 Å². The molecular formula is C17H27ClN5O5P. The van der Waals surface area contributed by atoms with E-state index in [2.05, 4.69) is 15.0 Å². The SMILES string of the molecule is CCOC(=O)CN(CCn1c(CC)nc2c(Cl)nc(CC)nc21)CCP(=O)(O)O. The van der Waals surface area contributed by atoms with Gasteiger partial charge in [-0.25, -0.2) is 15.0 Å². The Morgan fingerprint density at radius 2 is 1.90 bits per heavy atom. The minimum atomic E-state index is -4.18. The number of halogens is 1.